The van der Waals surface area contributed by atoms with Gasteiger partial charge in [-0.1, -0.05) is 24.3 Å². The molecule has 1 saturated carbocycles. The molecule has 4 fully saturated rings. The van der Waals surface area contributed by atoms with E-state index in [2.05, 4.69) is 37.2 Å². The van der Waals surface area contributed by atoms with Crippen molar-refractivity contribution in [1.82, 2.24) is 42.1 Å². The Labute approximate surface area is 552 Å². The molecule has 0 bridgehead atoms. The number of carbonyl (C=O) groups is 7. The normalized spacial score (nSPS) is 29.0. The van der Waals surface area contributed by atoms with Crippen molar-refractivity contribution in [3.05, 3.63) is 35.4 Å². The fourth-order valence-electron chi connectivity index (χ4n) is 11.1. The summed E-state index contributed by atoms with van der Waals surface area (Å²) in [6.45, 7) is 5.79. The van der Waals surface area contributed by atoms with Crippen LogP contribution in [0.25, 0.3) is 0 Å². The Hall–Kier alpha value is -5.29. The van der Waals surface area contributed by atoms with Crippen LogP contribution < -0.4 is 37.2 Å². The third-order valence-electron chi connectivity index (χ3n) is 15.9. The molecule has 542 valence electrons. The highest BCUT2D eigenvalue weighted by Crippen LogP contribution is 2.30. The number of aliphatic hydroxyl groups excluding tert-OH is 9. The van der Waals surface area contributed by atoms with Crippen molar-refractivity contribution >= 4 is 41.4 Å². The predicted octanol–water partition coefficient (Wildman–Crippen LogP) is -6.83. The molecular formula is C61H102N8O26. The Morgan fingerprint density at radius 3 is 1.23 bits per heavy atom. The van der Waals surface area contributed by atoms with E-state index in [1.807, 2.05) is 20.8 Å². The molecule has 0 radical (unpaired) electrons. The van der Waals surface area contributed by atoms with Crippen LogP contribution in [-0.4, -0.2) is 314 Å². The van der Waals surface area contributed by atoms with Gasteiger partial charge in [0.2, 0.25) is 41.4 Å². The van der Waals surface area contributed by atoms with Gasteiger partial charge in [0.25, 0.3) is 0 Å². The highest BCUT2D eigenvalue weighted by atomic mass is 16.7. The van der Waals surface area contributed by atoms with Gasteiger partial charge in [-0.2, -0.15) is 0 Å². The Morgan fingerprint density at radius 1 is 0.505 bits per heavy atom. The molecule has 1 aromatic carbocycles. The molecule has 3 saturated heterocycles. The Kier molecular flexibility index (Phi) is 34.9. The number of ether oxygens (including phenoxy) is 10. The molecule has 4 aliphatic rings. The third-order valence-corrected chi connectivity index (χ3v) is 15.9. The van der Waals surface area contributed by atoms with Crippen LogP contribution in [0.15, 0.2) is 24.3 Å². The average Bonchev–Trinajstić information content (AvgIpc) is 0.862. The van der Waals surface area contributed by atoms with Gasteiger partial charge in [0.05, 0.1) is 110 Å². The first-order valence-corrected chi connectivity index (χ1v) is 32.1. The maximum atomic E-state index is 14.5. The fraction of sp³-hybridized carbons (Fsp3) is 0.787. The van der Waals surface area contributed by atoms with Crippen molar-refractivity contribution in [3.8, 4) is 0 Å². The monoisotopic (exact) mass is 1360 g/mol. The van der Waals surface area contributed by atoms with E-state index in [4.69, 9.17) is 47.4 Å². The number of hydrogen-bond acceptors (Lipinski definition) is 27. The molecule has 1 aliphatic carbocycles. The van der Waals surface area contributed by atoms with Crippen molar-refractivity contribution in [2.24, 2.45) is 5.92 Å². The second-order valence-corrected chi connectivity index (χ2v) is 24.6. The summed E-state index contributed by atoms with van der Waals surface area (Å²) in [7, 11) is 0. The molecule has 0 spiro atoms. The highest BCUT2D eigenvalue weighted by Gasteiger charge is 2.48. The molecule has 16 atom stereocenters. The van der Waals surface area contributed by atoms with Crippen LogP contribution in [0.2, 0.25) is 0 Å². The fourth-order valence-corrected chi connectivity index (χ4v) is 11.1. The van der Waals surface area contributed by atoms with Gasteiger partial charge in [0.1, 0.15) is 73.1 Å². The van der Waals surface area contributed by atoms with Gasteiger partial charge in [-0.05, 0) is 64.0 Å². The van der Waals surface area contributed by atoms with Gasteiger partial charge < -0.3 is 131 Å². The SMILES string of the molecule is CC(=O)NC1C(OCCOCCNC(=O)CN(CC(=O)NCCOCCOC2OC(CO)C(O)C(O)C2NC(C)=O)C(Cc2ccc(CNC(=O)[C@H]3CC[C@@H](OC(C)(C)C)CC3)cc2)C(=O)NCCOCCOC2OC(CO)C(O)C(O)C2NC(C)=O)OC(CO)C(O)C1O. The lowest BCUT2D eigenvalue weighted by molar-refractivity contribution is -0.272. The first kappa shape index (κ1) is 80.4. The average molecular weight is 1360 g/mol. The summed E-state index contributed by atoms with van der Waals surface area (Å²) < 4.78 is 57.0. The van der Waals surface area contributed by atoms with Crippen molar-refractivity contribution in [2.45, 2.75) is 190 Å². The second kappa shape index (κ2) is 41.2. The number of nitrogens with zero attached hydrogens (tertiary/aromatic N) is 1. The number of nitrogens with one attached hydrogen (secondary N) is 7. The van der Waals surface area contributed by atoms with E-state index >= 15 is 0 Å². The number of carbonyl (C=O) groups excluding carboxylic acids is 7. The summed E-state index contributed by atoms with van der Waals surface area (Å²) in [6.07, 6.45) is -13.6. The summed E-state index contributed by atoms with van der Waals surface area (Å²) in [5.74, 6) is -3.70. The summed E-state index contributed by atoms with van der Waals surface area (Å²) in [5.41, 5.74) is 1.10. The van der Waals surface area contributed by atoms with Crippen LogP contribution in [0.1, 0.15) is 78.4 Å². The van der Waals surface area contributed by atoms with Crippen LogP contribution >= 0.6 is 0 Å². The van der Waals surface area contributed by atoms with Gasteiger partial charge in [-0.25, -0.2) is 0 Å². The van der Waals surface area contributed by atoms with Crippen molar-refractivity contribution < 1.29 is 127 Å². The topological polar surface area (TPSA) is 481 Å². The summed E-state index contributed by atoms with van der Waals surface area (Å²) in [4.78, 5) is 92.6. The lowest BCUT2D eigenvalue weighted by Gasteiger charge is -2.42. The quantitative estimate of drug-likeness (QED) is 0.0272. The molecule has 95 heavy (non-hydrogen) atoms. The predicted molar refractivity (Wildman–Crippen MR) is 329 cm³/mol. The number of hydrogen-bond donors (Lipinski definition) is 16. The molecule has 7 amide bonds. The van der Waals surface area contributed by atoms with Crippen molar-refractivity contribution in [2.75, 3.05) is 112 Å². The summed E-state index contributed by atoms with van der Waals surface area (Å²) >= 11 is 0. The van der Waals surface area contributed by atoms with E-state index in [0.717, 1.165) is 18.4 Å². The van der Waals surface area contributed by atoms with Gasteiger partial charge in [0.15, 0.2) is 18.9 Å². The van der Waals surface area contributed by atoms with Crippen molar-refractivity contribution in [3.63, 3.8) is 0 Å². The minimum Gasteiger partial charge on any atom is -0.394 e. The van der Waals surface area contributed by atoms with Gasteiger partial charge in [0, 0.05) is 52.9 Å². The molecule has 3 heterocycles. The standard InChI is InChI=1S/C61H102N8O26/c1-34(73)66-47-53(81)50(78)42(31-70)92-58(47)89-24-21-86-18-15-62-45(76)29-69(30-46(77)63-16-19-87-22-25-90-59-48(67-35(2)74)54(82)51(79)43(32-71)93-59)41(27-37-7-9-38(10-8-37)28-65-56(84)39-11-13-40(14-12-39)95-61(4,5)6)57(85)64-17-20-88-23-26-91-60-49(68-36(3)75)55(83)52(80)44(33-72)94-60/h7-10,39-44,47-55,58-60,70-72,78-83H,11-33H2,1-6H3,(H,62,76)(H,63,77)(H,64,85)(H,65,84)(H,66,73)(H,67,74)(H,68,75)/t39-,40+,41?,42?,43?,44?,47?,48?,49?,50?,51?,52?,53?,54?,55?,58?,59?,60?. The maximum absolute atomic E-state index is 14.5. The van der Waals surface area contributed by atoms with Crippen LogP contribution in [0, 0.1) is 5.92 Å². The molecule has 1 aromatic rings. The summed E-state index contributed by atoms with van der Waals surface area (Å²) in [6, 6.07) is 2.38. The van der Waals surface area contributed by atoms with Gasteiger partial charge in [-0.15, -0.1) is 0 Å². The highest BCUT2D eigenvalue weighted by molar-refractivity contribution is 5.86. The Bertz CT molecular complexity index is 2420. The Morgan fingerprint density at radius 2 is 0.874 bits per heavy atom. The van der Waals surface area contributed by atoms with Crippen LogP contribution in [0.4, 0.5) is 0 Å². The first-order chi connectivity index (χ1) is 45.2. The van der Waals surface area contributed by atoms with Crippen LogP contribution in [0.3, 0.4) is 0 Å². The molecule has 3 aliphatic heterocycles. The van der Waals surface area contributed by atoms with E-state index in [9.17, 15) is 79.5 Å². The second-order valence-electron chi connectivity index (χ2n) is 24.6. The molecular weight excluding hydrogens is 1260 g/mol. The number of amides is 7. The third kappa shape index (κ3) is 27.2. The lowest BCUT2D eigenvalue weighted by Crippen LogP contribution is -2.64. The molecule has 16 unspecified atom stereocenters. The largest absolute Gasteiger partial charge is 0.394 e. The molecule has 5 rings (SSSR count). The minimum atomic E-state index is -1.53. The number of rotatable bonds is 39. The molecule has 34 nitrogen and oxygen atoms in total. The van der Waals surface area contributed by atoms with Crippen molar-refractivity contribution in [1.29, 1.82) is 0 Å². The van der Waals surface area contributed by atoms with Crippen LogP contribution in [-0.2, 0) is 93.9 Å². The number of benzene rings is 1. The number of aliphatic hydroxyl groups is 9. The zero-order valence-electron chi connectivity index (χ0n) is 54.9. The zero-order chi connectivity index (χ0) is 69.8. The maximum Gasteiger partial charge on any atom is 0.237 e. The molecule has 34 heteroatoms. The van der Waals surface area contributed by atoms with Gasteiger partial charge in [-0.3, -0.25) is 38.5 Å². The van der Waals surface area contributed by atoms with E-state index in [1.165, 1.54) is 25.7 Å². The van der Waals surface area contributed by atoms with Crippen LogP contribution in [0.5, 0.6) is 0 Å². The molecule has 0 aromatic heterocycles. The lowest BCUT2D eigenvalue weighted by atomic mass is 9.86. The van der Waals surface area contributed by atoms with Gasteiger partial charge >= 0.3 is 0 Å². The molecule has 16 N–H and O–H groups in total. The Balaban J connectivity index is 1.25. The van der Waals surface area contributed by atoms with E-state index in [1.54, 1.807) is 24.3 Å². The smallest absolute Gasteiger partial charge is 0.237 e. The van der Waals surface area contributed by atoms with E-state index in [0.29, 0.717) is 18.4 Å². The minimum absolute atomic E-state index is 0.0445. The van der Waals surface area contributed by atoms with E-state index in [-0.39, 0.29) is 116 Å². The van der Waals surface area contributed by atoms with E-state index < -0.39 is 166 Å². The first-order valence-electron chi connectivity index (χ1n) is 32.1. The zero-order valence-corrected chi connectivity index (χ0v) is 54.9. The summed E-state index contributed by atoms with van der Waals surface area (Å²) in [5, 5.41) is 111.